The summed E-state index contributed by atoms with van der Waals surface area (Å²) in [6.45, 7) is 2.57. The number of ether oxygens (including phenoxy) is 1. The number of carbonyl (C=O) groups excluding carboxylic acids is 1. The summed E-state index contributed by atoms with van der Waals surface area (Å²) in [4.78, 5) is 24.2. The topological polar surface area (TPSA) is 93.5 Å². The summed E-state index contributed by atoms with van der Waals surface area (Å²) in [5.74, 6) is -1.32. The molecule has 3 rings (SSSR count). The Morgan fingerprint density at radius 1 is 1.35 bits per heavy atom. The first kappa shape index (κ1) is 18.4. The van der Waals surface area contributed by atoms with Crippen LogP contribution in [0, 0.1) is 12.3 Å². The number of nitrogens with zero attached hydrogens (tertiary/aromatic N) is 2. The van der Waals surface area contributed by atoms with Crippen LogP contribution in [0.15, 0.2) is 30.5 Å². The highest BCUT2D eigenvalue weighted by atomic mass is 35.5. The van der Waals surface area contributed by atoms with Crippen molar-refractivity contribution in [2.24, 2.45) is 5.41 Å². The van der Waals surface area contributed by atoms with Crippen molar-refractivity contribution in [2.45, 2.75) is 19.8 Å². The predicted octanol–water partition coefficient (Wildman–Crippen LogP) is 2.45. The number of halogens is 1. The minimum atomic E-state index is -0.993. The second kappa shape index (κ2) is 7.47. The molecule has 1 fully saturated rings. The van der Waals surface area contributed by atoms with E-state index >= 15 is 0 Å². The number of carboxylic acid groups (broad SMARTS) is 1. The van der Waals surface area contributed by atoms with Crippen molar-refractivity contribution in [1.82, 2.24) is 15.1 Å². The molecule has 0 saturated carbocycles. The third-order valence-electron chi connectivity index (χ3n) is 4.70. The average Bonchev–Trinajstić information content (AvgIpc) is 3.02. The van der Waals surface area contributed by atoms with Crippen LogP contribution in [0.25, 0.3) is 5.69 Å². The summed E-state index contributed by atoms with van der Waals surface area (Å²) in [5.41, 5.74) is 0.603. The first-order valence-electron chi connectivity index (χ1n) is 8.33. The number of carbonyl (C=O) groups is 2. The van der Waals surface area contributed by atoms with Gasteiger partial charge in [0.2, 0.25) is 0 Å². The Morgan fingerprint density at radius 2 is 2.04 bits per heavy atom. The lowest BCUT2D eigenvalue weighted by Gasteiger charge is -2.33. The van der Waals surface area contributed by atoms with E-state index in [1.807, 2.05) is 12.1 Å². The number of para-hydroxylation sites is 1. The number of hydrogen-bond acceptors (Lipinski definition) is 4. The SMILES string of the molecule is Cc1cn(-c2ccccc2Cl)nc1C(=O)NCC1(C(=O)O)CCOCC1. The molecule has 2 heterocycles. The van der Waals surface area contributed by atoms with E-state index in [2.05, 4.69) is 10.4 Å². The molecule has 1 amide bonds. The fourth-order valence-electron chi connectivity index (χ4n) is 3.01. The summed E-state index contributed by atoms with van der Waals surface area (Å²) >= 11 is 6.18. The van der Waals surface area contributed by atoms with Crippen LogP contribution in [0.1, 0.15) is 28.9 Å². The number of aliphatic carboxylic acids is 1. The van der Waals surface area contributed by atoms with Gasteiger partial charge in [0.05, 0.1) is 16.1 Å². The Kier molecular flexibility index (Phi) is 5.29. The molecule has 0 aliphatic carbocycles. The Morgan fingerprint density at radius 3 is 2.69 bits per heavy atom. The molecule has 26 heavy (non-hydrogen) atoms. The number of benzene rings is 1. The summed E-state index contributed by atoms with van der Waals surface area (Å²) < 4.78 is 6.79. The number of hydrogen-bond donors (Lipinski definition) is 2. The normalized spacial score (nSPS) is 16.2. The molecule has 2 aromatic rings. The maximum Gasteiger partial charge on any atom is 0.311 e. The van der Waals surface area contributed by atoms with Crippen molar-refractivity contribution in [3.63, 3.8) is 0 Å². The van der Waals surface area contributed by atoms with Crippen LogP contribution in [-0.2, 0) is 9.53 Å². The van der Waals surface area contributed by atoms with Gasteiger partial charge in [-0.15, -0.1) is 0 Å². The molecule has 1 saturated heterocycles. The van der Waals surface area contributed by atoms with E-state index in [-0.39, 0.29) is 12.2 Å². The van der Waals surface area contributed by atoms with Gasteiger partial charge in [-0.2, -0.15) is 5.10 Å². The van der Waals surface area contributed by atoms with Crippen LogP contribution in [0.4, 0.5) is 0 Å². The summed E-state index contributed by atoms with van der Waals surface area (Å²) in [6.07, 6.45) is 2.46. The molecule has 1 aromatic heterocycles. The average molecular weight is 378 g/mol. The molecule has 7 nitrogen and oxygen atoms in total. The molecule has 0 atom stereocenters. The smallest absolute Gasteiger partial charge is 0.311 e. The molecule has 8 heteroatoms. The van der Waals surface area contributed by atoms with Gasteiger partial charge in [0.25, 0.3) is 5.91 Å². The van der Waals surface area contributed by atoms with Crippen molar-refractivity contribution in [2.75, 3.05) is 19.8 Å². The molecule has 138 valence electrons. The maximum atomic E-state index is 12.6. The second-order valence-electron chi connectivity index (χ2n) is 6.44. The first-order valence-corrected chi connectivity index (χ1v) is 8.71. The third-order valence-corrected chi connectivity index (χ3v) is 5.02. The fraction of sp³-hybridized carbons (Fsp3) is 0.389. The molecule has 0 bridgehead atoms. The zero-order valence-electron chi connectivity index (χ0n) is 14.4. The van der Waals surface area contributed by atoms with Gasteiger partial charge in [-0.1, -0.05) is 23.7 Å². The third kappa shape index (κ3) is 3.59. The fourth-order valence-corrected chi connectivity index (χ4v) is 3.23. The van der Waals surface area contributed by atoms with E-state index in [9.17, 15) is 14.7 Å². The number of rotatable bonds is 5. The Balaban J connectivity index is 1.76. The van der Waals surface area contributed by atoms with Gasteiger partial charge in [0.15, 0.2) is 5.69 Å². The molecular weight excluding hydrogens is 358 g/mol. The highest BCUT2D eigenvalue weighted by Crippen LogP contribution is 2.30. The maximum absolute atomic E-state index is 12.6. The standard InChI is InChI=1S/C18H20ClN3O4/c1-12-10-22(14-5-3-2-4-13(14)19)21-15(12)16(23)20-11-18(17(24)25)6-8-26-9-7-18/h2-5,10H,6-9,11H2,1H3,(H,20,23)(H,24,25). The van der Waals surface area contributed by atoms with Crippen LogP contribution in [0.3, 0.4) is 0 Å². The van der Waals surface area contributed by atoms with Gasteiger partial charge in [0.1, 0.15) is 0 Å². The Labute approximate surface area is 155 Å². The number of amides is 1. The van der Waals surface area contributed by atoms with Crippen LogP contribution in [-0.4, -0.2) is 46.5 Å². The number of aryl methyl sites for hydroxylation is 1. The molecule has 1 aliphatic heterocycles. The van der Waals surface area contributed by atoms with Crippen LogP contribution < -0.4 is 5.32 Å². The van der Waals surface area contributed by atoms with Crippen molar-refractivity contribution in [1.29, 1.82) is 0 Å². The quantitative estimate of drug-likeness (QED) is 0.834. The predicted molar refractivity (Wildman–Crippen MR) is 95.8 cm³/mol. The zero-order valence-corrected chi connectivity index (χ0v) is 15.1. The Bertz CT molecular complexity index is 828. The summed E-state index contributed by atoms with van der Waals surface area (Å²) in [6, 6.07) is 7.20. The van der Waals surface area contributed by atoms with Crippen molar-refractivity contribution in [3.8, 4) is 5.69 Å². The van der Waals surface area contributed by atoms with Crippen LogP contribution in [0.5, 0.6) is 0 Å². The monoisotopic (exact) mass is 377 g/mol. The molecule has 0 unspecified atom stereocenters. The minimum absolute atomic E-state index is 0.0446. The summed E-state index contributed by atoms with van der Waals surface area (Å²) in [7, 11) is 0. The highest BCUT2D eigenvalue weighted by Gasteiger charge is 2.40. The molecule has 0 spiro atoms. The van der Waals surface area contributed by atoms with Crippen molar-refractivity contribution >= 4 is 23.5 Å². The number of nitrogens with one attached hydrogen (secondary N) is 1. The molecule has 1 aliphatic rings. The van der Waals surface area contributed by atoms with Gasteiger partial charge >= 0.3 is 5.97 Å². The van der Waals surface area contributed by atoms with Gasteiger partial charge in [-0.25, -0.2) is 4.68 Å². The molecule has 2 N–H and O–H groups in total. The van der Waals surface area contributed by atoms with Crippen molar-refractivity contribution < 1.29 is 19.4 Å². The van der Waals surface area contributed by atoms with Crippen LogP contribution >= 0.6 is 11.6 Å². The highest BCUT2D eigenvalue weighted by molar-refractivity contribution is 6.32. The van der Waals surface area contributed by atoms with Gasteiger partial charge in [-0.3, -0.25) is 9.59 Å². The lowest BCUT2D eigenvalue weighted by atomic mass is 9.80. The van der Waals surface area contributed by atoms with E-state index in [0.29, 0.717) is 42.3 Å². The second-order valence-corrected chi connectivity index (χ2v) is 6.84. The Hall–Kier alpha value is -2.38. The zero-order chi connectivity index (χ0) is 18.7. The van der Waals surface area contributed by atoms with E-state index in [0.717, 1.165) is 0 Å². The molecule has 0 radical (unpaired) electrons. The van der Waals surface area contributed by atoms with E-state index in [1.165, 1.54) is 0 Å². The number of aromatic nitrogens is 2. The minimum Gasteiger partial charge on any atom is -0.481 e. The lowest BCUT2D eigenvalue weighted by Crippen LogP contribution is -2.46. The molecular formula is C18H20ClN3O4. The largest absolute Gasteiger partial charge is 0.481 e. The lowest BCUT2D eigenvalue weighted by molar-refractivity contribution is -0.154. The van der Waals surface area contributed by atoms with E-state index in [1.54, 1.807) is 29.9 Å². The summed E-state index contributed by atoms with van der Waals surface area (Å²) in [5, 5.41) is 17.1. The van der Waals surface area contributed by atoms with E-state index in [4.69, 9.17) is 16.3 Å². The van der Waals surface area contributed by atoms with E-state index < -0.39 is 17.3 Å². The van der Waals surface area contributed by atoms with Crippen molar-refractivity contribution in [3.05, 3.63) is 46.7 Å². The van der Waals surface area contributed by atoms with Crippen LogP contribution in [0.2, 0.25) is 5.02 Å². The first-order chi connectivity index (χ1) is 12.4. The number of carboxylic acids is 1. The van der Waals surface area contributed by atoms with Gasteiger partial charge in [0, 0.05) is 31.5 Å². The van der Waals surface area contributed by atoms with Gasteiger partial charge < -0.3 is 15.2 Å². The van der Waals surface area contributed by atoms with Gasteiger partial charge in [-0.05, 0) is 31.9 Å². The molecule has 1 aromatic carbocycles.